The van der Waals surface area contributed by atoms with Gasteiger partial charge in [0.2, 0.25) is 5.91 Å². The Morgan fingerprint density at radius 2 is 2.04 bits per heavy atom. The van der Waals surface area contributed by atoms with Gasteiger partial charge in [0.15, 0.2) is 5.69 Å². The predicted octanol–water partition coefficient (Wildman–Crippen LogP) is 0.938. The number of carbonyl (C=O) groups is 2. The van der Waals surface area contributed by atoms with Crippen molar-refractivity contribution in [3.8, 4) is 5.75 Å². The minimum Gasteiger partial charge on any atom is -0.494 e. The van der Waals surface area contributed by atoms with Gasteiger partial charge in [-0.3, -0.25) is 14.9 Å². The zero-order chi connectivity index (χ0) is 17.4. The standard InChI is InChI=1S/C13H16N4O6/c1-23-10-7-8(12(14)18)6-9(17(21)22)11(10)15-4-2-3-5-16-13(19)20/h2-3,6-7,15-16H,4-5H2,1H3,(H2,14,18)(H,19,20)/b3-2+. The van der Waals surface area contributed by atoms with Crippen LogP contribution in [0.15, 0.2) is 24.3 Å². The molecule has 1 rings (SSSR count). The zero-order valence-corrected chi connectivity index (χ0v) is 12.2. The molecular weight excluding hydrogens is 308 g/mol. The van der Waals surface area contributed by atoms with Crippen LogP contribution in [0.1, 0.15) is 10.4 Å². The van der Waals surface area contributed by atoms with Gasteiger partial charge in [0.1, 0.15) is 5.75 Å². The van der Waals surface area contributed by atoms with E-state index in [1.807, 2.05) is 0 Å². The highest BCUT2D eigenvalue weighted by molar-refractivity contribution is 5.95. The summed E-state index contributed by atoms with van der Waals surface area (Å²) < 4.78 is 5.05. The molecule has 0 heterocycles. The molecule has 0 saturated heterocycles. The lowest BCUT2D eigenvalue weighted by Crippen LogP contribution is -2.20. The van der Waals surface area contributed by atoms with Gasteiger partial charge in [-0.15, -0.1) is 0 Å². The fraction of sp³-hybridized carbons (Fsp3) is 0.231. The number of ether oxygens (including phenoxy) is 1. The van der Waals surface area contributed by atoms with Crippen LogP contribution in [-0.2, 0) is 0 Å². The number of primary amides is 1. The summed E-state index contributed by atoms with van der Waals surface area (Å²) in [5.74, 6) is -0.706. The second-order valence-corrected chi connectivity index (χ2v) is 4.23. The van der Waals surface area contributed by atoms with Crippen LogP contribution in [0.25, 0.3) is 0 Å². The smallest absolute Gasteiger partial charge is 0.404 e. The molecule has 0 radical (unpaired) electrons. The highest BCUT2D eigenvalue weighted by Crippen LogP contribution is 2.35. The molecule has 23 heavy (non-hydrogen) atoms. The first-order chi connectivity index (χ1) is 10.9. The SMILES string of the molecule is COc1cc(C(N)=O)cc([N+](=O)[O-])c1NC/C=C/CNC(=O)O. The molecule has 0 aliphatic carbocycles. The molecular formula is C13H16N4O6. The molecule has 0 aromatic heterocycles. The molecule has 0 fully saturated rings. The summed E-state index contributed by atoms with van der Waals surface area (Å²) in [7, 11) is 1.31. The third kappa shape index (κ3) is 5.19. The van der Waals surface area contributed by atoms with Crippen LogP contribution in [0, 0.1) is 10.1 Å². The van der Waals surface area contributed by atoms with Crippen LogP contribution < -0.4 is 21.1 Å². The Labute approximate surface area is 131 Å². The number of benzene rings is 1. The largest absolute Gasteiger partial charge is 0.494 e. The molecule has 0 aliphatic rings. The van der Waals surface area contributed by atoms with E-state index in [1.54, 1.807) is 6.08 Å². The van der Waals surface area contributed by atoms with Gasteiger partial charge < -0.3 is 26.2 Å². The number of hydrogen-bond acceptors (Lipinski definition) is 6. The number of amides is 2. The zero-order valence-electron chi connectivity index (χ0n) is 12.2. The molecule has 10 nitrogen and oxygen atoms in total. The highest BCUT2D eigenvalue weighted by atomic mass is 16.6. The average molecular weight is 324 g/mol. The van der Waals surface area contributed by atoms with E-state index in [0.29, 0.717) is 0 Å². The predicted molar refractivity (Wildman–Crippen MR) is 81.8 cm³/mol. The third-order valence-electron chi connectivity index (χ3n) is 2.72. The second kappa shape index (κ2) is 8.22. The first-order valence-corrected chi connectivity index (χ1v) is 6.38. The number of nitro benzene ring substituents is 1. The van der Waals surface area contributed by atoms with E-state index in [0.717, 1.165) is 6.07 Å². The molecule has 124 valence electrons. The van der Waals surface area contributed by atoms with E-state index in [9.17, 15) is 19.7 Å². The molecule has 0 spiro atoms. The van der Waals surface area contributed by atoms with Gasteiger partial charge in [0, 0.05) is 24.7 Å². The number of hydrogen-bond donors (Lipinski definition) is 4. The van der Waals surface area contributed by atoms with Crippen molar-refractivity contribution < 1.29 is 24.4 Å². The molecule has 10 heteroatoms. The van der Waals surface area contributed by atoms with E-state index in [4.69, 9.17) is 15.6 Å². The van der Waals surface area contributed by atoms with Gasteiger partial charge in [-0.2, -0.15) is 0 Å². The number of rotatable bonds is 8. The van der Waals surface area contributed by atoms with E-state index >= 15 is 0 Å². The highest BCUT2D eigenvalue weighted by Gasteiger charge is 2.21. The van der Waals surface area contributed by atoms with Crippen molar-refractivity contribution in [2.75, 3.05) is 25.5 Å². The van der Waals surface area contributed by atoms with E-state index in [2.05, 4.69) is 10.6 Å². The van der Waals surface area contributed by atoms with Crippen molar-refractivity contribution in [2.45, 2.75) is 0 Å². The first kappa shape index (κ1) is 17.8. The molecule has 0 atom stereocenters. The molecule has 0 aliphatic heterocycles. The van der Waals surface area contributed by atoms with Crippen molar-refractivity contribution in [3.63, 3.8) is 0 Å². The van der Waals surface area contributed by atoms with E-state index < -0.39 is 16.9 Å². The number of methoxy groups -OCH3 is 1. The minimum atomic E-state index is -1.15. The number of anilines is 1. The maximum Gasteiger partial charge on any atom is 0.404 e. The Kier molecular flexibility index (Phi) is 6.34. The number of nitrogens with one attached hydrogen (secondary N) is 2. The van der Waals surface area contributed by atoms with Crippen LogP contribution in [0.3, 0.4) is 0 Å². The second-order valence-electron chi connectivity index (χ2n) is 4.23. The van der Waals surface area contributed by atoms with Crippen LogP contribution in [0.5, 0.6) is 5.75 Å². The molecule has 2 amide bonds. The Bertz CT molecular complexity index is 644. The fourth-order valence-corrected chi connectivity index (χ4v) is 1.70. The van der Waals surface area contributed by atoms with Crippen molar-refractivity contribution in [1.82, 2.24) is 5.32 Å². The molecule has 0 unspecified atom stereocenters. The minimum absolute atomic E-state index is 0.0414. The van der Waals surface area contributed by atoms with Crippen molar-refractivity contribution >= 4 is 23.4 Å². The summed E-state index contributed by atoms with van der Waals surface area (Å²) in [4.78, 5) is 31.9. The maximum absolute atomic E-state index is 11.2. The monoisotopic (exact) mass is 324 g/mol. The summed E-state index contributed by atoms with van der Waals surface area (Å²) >= 11 is 0. The fourth-order valence-electron chi connectivity index (χ4n) is 1.70. The quantitative estimate of drug-likeness (QED) is 0.315. The van der Waals surface area contributed by atoms with Crippen molar-refractivity contribution in [3.05, 3.63) is 40.0 Å². The van der Waals surface area contributed by atoms with Gasteiger partial charge in [0.05, 0.1) is 12.0 Å². The Hall–Kier alpha value is -3.30. The normalized spacial score (nSPS) is 10.3. The lowest BCUT2D eigenvalue weighted by Gasteiger charge is -2.11. The maximum atomic E-state index is 11.2. The van der Waals surface area contributed by atoms with Gasteiger partial charge in [-0.1, -0.05) is 12.2 Å². The first-order valence-electron chi connectivity index (χ1n) is 6.38. The summed E-state index contributed by atoms with van der Waals surface area (Å²) in [6.45, 7) is 0.297. The topological polar surface area (TPSA) is 157 Å². The van der Waals surface area contributed by atoms with Gasteiger partial charge in [-0.05, 0) is 6.07 Å². The lowest BCUT2D eigenvalue weighted by atomic mass is 10.1. The number of nitro groups is 1. The molecule has 1 aromatic carbocycles. The van der Waals surface area contributed by atoms with Crippen LogP contribution in [-0.4, -0.2) is 42.2 Å². The van der Waals surface area contributed by atoms with Crippen LogP contribution in [0.2, 0.25) is 0 Å². The number of nitrogens with zero attached hydrogens (tertiary/aromatic N) is 1. The van der Waals surface area contributed by atoms with Crippen LogP contribution >= 0.6 is 0 Å². The number of carbonyl (C=O) groups excluding carboxylic acids is 1. The summed E-state index contributed by atoms with van der Waals surface area (Å²) in [5.41, 5.74) is 4.83. The Morgan fingerprint density at radius 3 is 2.57 bits per heavy atom. The van der Waals surface area contributed by atoms with Crippen molar-refractivity contribution in [2.24, 2.45) is 5.73 Å². The van der Waals surface area contributed by atoms with Gasteiger partial charge in [-0.25, -0.2) is 4.79 Å². The number of carboxylic acid groups (broad SMARTS) is 1. The third-order valence-corrected chi connectivity index (χ3v) is 2.72. The Morgan fingerprint density at radius 1 is 1.39 bits per heavy atom. The van der Waals surface area contributed by atoms with Crippen LogP contribution in [0.4, 0.5) is 16.2 Å². The molecule has 1 aromatic rings. The molecule has 5 N–H and O–H groups in total. The summed E-state index contributed by atoms with van der Waals surface area (Å²) in [5, 5.41) is 24.5. The molecule has 0 bridgehead atoms. The van der Waals surface area contributed by atoms with E-state index in [1.165, 1.54) is 19.3 Å². The summed E-state index contributed by atoms with van der Waals surface area (Å²) in [6.07, 6.45) is 1.97. The molecule has 0 saturated carbocycles. The average Bonchev–Trinajstić information content (AvgIpc) is 2.49. The summed E-state index contributed by atoms with van der Waals surface area (Å²) in [6, 6.07) is 2.36. The number of nitrogens with two attached hydrogens (primary N) is 1. The Balaban J connectivity index is 2.93. The van der Waals surface area contributed by atoms with E-state index in [-0.39, 0.29) is 35.8 Å². The van der Waals surface area contributed by atoms with Gasteiger partial charge >= 0.3 is 6.09 Å². The lowest BCUT2D eigenvalue weighted by molar-refractivity contribution is -0.384. The van der Waals surface area contributed by atoms with Crippen molar-refractivity contribution in [1.29, 1.82) is 0 Å². The van der Waals surface area contributed by atoms with Gasteiger partial charge in [0.25, 0.3) is 5.69 Å².